The Morgan fingerprint density at radius 3 is 2.41 bits per heavy atom. The van der Waals surface area contributed by atoms with Gasteiger partial charge in [-0.15, -0.1) is 0 Å². The lowest BCUT2D eigenvalue weighted by molar-refractivity contribution is -0.147. The number of rotatable bonds is 9. The molecule has 1 heterocycles. The molecule has 4 aromatic rings. The van der Waals surface area contributed by atoms with Crippen molar-refractivity contribution in [1.29, 1.82) is 0 Å². The Kier molecular flexibility index (Phi) is 9.65. The molecule has 0 aliphatic rings. The molecule has 0 spiro atoms. The van der Waals surface area contributed by atoms with Crippen LogP contribution >= 0.6 is 31.9 Å². The molecule has 0 radical (unpaired) electrons. The minimum atomic E-state index is -0.801. The van der Waals surface area contributed by atoms with E-state index in [4.69, 9.17) is 19.2 Å². The van der Waals surface area contributed by atoms with Crippen LogP contribution in [0.1, 0.15) is 50.3 Å². The number of hydrogen-bond donors (Lipinski definition) is 0. The Morgan fingerprint density at radius 2 is 1.78 bits per heavy atom. The van der Waals surface area contributed by atoms with Crippen molar-refractivity contribution >= 4 is 54.9 Å². The van der Waals surface area contributed by atoms with E-state index in [9.17, 15) is 9.59 Å². The first-order chi connectivity index (χ1) is 19.5. The average Bonchev–Trinajstić information content (AvgIpc) is 2.94. The summed E-state index contributed by atoms with van der Waals surface area (Å²) in [4.78, 5) is 30.5. The maximum atomic E-state index is 13.7. The van der Waals surface area contributed by atoms with E-state index in [1.807, 2.05) is 38.1 Å². The molecule has 0 unspecified atom stereocenters. The van der Waals surface area contributed by atoms with Gasteiger partial charge in [0.2, 0.25) is 0 Å². The van der Waals surface area contributed by atoms with E-state index in [0.717, 1.165) is 22.4 Å². The summed E-state index contributed by atoms with van der Waals surface area (Å²) in [5, 5.41) is 5.08. The Balaban J connectivity index is 1.86. The first kappa shape index (κ1) is 30.5. The third-order valence-electron chi connectivity index (χ3n) is 6.44. The van der Waals surface area contributed by atoms with Gasteiger partial charge in [0, 0.05) is 5.56 Å². The Hall–Kier alpha value is -3.50. The minimum Gasteiger partial charge on any atom is -0.494 e. The average molecular weight is 685 g/mol. The van der Waals surface area contributed by atoms with Crippen LogP contribution in [0.25, 0.3) is 22.3 Å². The highest BCUT2D eigenvalue weighted by Crippen LogP contribution is 2.36. The fourth-order valence-electron chi connectivity index (χ4n) is 4.36. The summed E-state index contributed by atoms with van der Waals surface area (Å²) >= 11 is 7.02. The van der Waals surface area contributed by atoms with Gasteiger partial charge in [0.15, 0.2) is 11.9 Å². The molecule has 4 rings (SSSR count). The molecule has 1 aromatic heterocycles. The number of aryl methyl sites for hydroxylation is 1. The number of fused-ring (bicyclic) bond motifs is 1. The Morgan fingerprint density at radius 1 is 1.10 bits per heavy atom. The van der Waals surface area contributed by atoms with Crippen molar-refractivity contribution in [2.75, 3.05) is 13.7 Å². The lowest BCUT2D eigenvalue weighted by Crippen LogP contribution is -2.25. The molecule has 0 aliphatic heterocycles. The molecule has 3 aromatic carbocycles. The van der Waals surface area contributed by atoms with Crippen LogP contribution in [0.2, 0.25) is 0 Å². The van der Waals surface area contributed by atoms with E-state index in [-0.39, 0.29) is 11.5 Å². The highest BCUT2D eigenvalue weighted by Gasteiger charge is 2.20. The lowest BCUT2D eigenvalue weighted by atomic mass is 9.96. The van der Waals surface area contributed by atoms with Crippen molar-refractivity contribution in [3.8, 4) is 22.9 Å². The summed E-state index contributed by atoms with van der Waals surface area (Å²) in [7, 11) is 1.31. The second-order valence-corrected chi connectivity index (χ2v) is 11.4. The second-order valence-electron chi connectivity index (χ2n) is 9.70. The van der Waals surface area contributed by atoms with Gasteiger partial charge in [-0.2, -0.15) is 9.78 Å². The SMILES string of the molecule is CCOc1cc(C)c(-c2nc3ccccc3c(=O)n2N=Cc2cc(Br)c(O[C@H](C)C(=O)OC)c(Br)c2)cc1C(C)C. The number of para-hydroxylation sites is 1. The molecule has 214 valence electrons. The zero-order valence-electron chi connectivity index (χ0n) is 23.7. The van der Waals surface area contributed by atoms with Gasteiger partial charge >= 0.3 is 5.97 Å². The summed E-state index contributed by atoms with van der Waals surface area (Å²) in [6, 6.07) is 14.8. The van der Waals surface area contributed by atoms with Crippen LogP contribution in [0.5, 0.6) is 11.5 Å². The third kappa shape index (κ3) is 6.54. The number of benzene rings is 3. The summed E-state index contributed by atoms with van der Waals surface area (Å²) in [5.74, 6) is 1.39. The highest BCUT2D eigenvalue weighted by molar-refractivity contribution is 9.11. The molecule has 41 heavy (non-hydrogen) atoms. The van der Waals surface area contributed by atoms with Gasteiger partial charge in [0.1, 0.15) is 11.5 Å². The van der Waals surface area contributed by atoms with Crippen LogP contribution in [0, 0.1) is 6.92 Å². The van der Waals surface area contributed by atoms with Crippen LogP contribution < -0.4 is 15.0 Å². The van der Waals surface area contributed by atoms with Crippen molar-refractivity contribution in [2.24, 2.45) is 5.10 Å². The van der Waals surface area contributed by atoms with Crippen LogP contribution in [0.3, 0.4) is 0 Å². The molecule has 10 heteroatoms. The van der Waals surface area contributed by atoms with Crippen molar-refractivity contribution in [3.05, 3.63) is 84.5 Å². The number of hydrogen-bond acceptors (Lipinski definition) is 7. The molecule has 8 nitrogen and oxygen atoms in total. The quantitative estimate of drug-likeness (QED) is 0.136. The third-order valence-corrected chi connectivity index (χ3v) is 7.62. The van der Waals surface area contributed by atoms with E-state index in [1.54, 1.807) is 37.4 Å². The lowest BCUT2D eigenvalue weighted by Gasteiger charge is -2.18. The first-order valence-corrected chi connectivity index (χ1v) is 14.7. The number of ether oxygens (including phenoxy) is 3. The van der Waals surface area contributed by atoms with Crippen LogP contribution in [-0.2, 0) is 9.53 Å². The van der Waals surface area contributed by atoms with Gasteiger partial charge in [-0.3, -0.25) is 4.79 Å². The van der Waals surface area contributed by atoms with E-state index in [1.165, 1.54) is 11.8 Å². The normalized spacial score (nSPS) is 12.2. The monoisotopic (exact) mass is 683 g/mol. The van der Waals surface area contributed by atoms with Crippen molar-refractivity contribution in [3.63, 3.8) is 0 Å². The summed E-state index contributed by atoms with van der Waals surface area (Å²) in [5.41, 5.74) is 3.71. The molecule has 0 amide bonds. The molecular formula is C31H31Br2N3O5. The van der Waals surface area contributed by atoms with E-state index in [0.29, 0.717) is 43.6 Å². The number of esters is 1. The van der Waals surface area contributed by atoms with Gasteiger partial charge in [0.25, 0.3) is 5.56 Å². The summed E-state index contributed by atoms with van der Waals surface area (Å²) in [6.07, 6.45) is 0.780. The van der Waals surface area contributed by atoms with E-state index < -0.39 is 12.1 Å². The first-order valence-electron chi connectivity index (χ1n) is 13.1. The largest absolute Gasteiger partial charge is 0.494 e. The van der Waals surface area contributed by atoms with Crippen molar-refractivity contribution in [2.45, 2.75) is 46.6 Å². The van der Waals surface area contributed by atoms with Crippen LogP contribution in [0.15, 0.2) is 67.4 Å². The molecule has 0 N–H and O–H groups in total. The number of halogens is 2. The van der Waals surface area contributed by atoms with Gasteiger partial charge in [-0.25, -0.2) is 9.78 Å². The topological polar surface area (TPSA) is 92.0 Å². The van der Waals surface area contributed by atoms with Crippen LogP contribution in [-0.4, -0.2) is 41.7 Å². The van der Waals surface area contributed by atoms with E-state index >= 15 is 0 Å². The molecule has 0 fully saturated rings. The standard InChI is InChI=1S/C31H31Br2N3O5/c1-7-40-27-12-18(4)23(15-22(27)17(2)3)29-35-26-11-9-8-10-21(26)30(37)36(29)34-16-20-13-24(32)28(25(33)14-20)41-19(5)31(38)39-6/h8-17,19H,7H2,1-6H3/t19-/m1/s1. The zero-order valence-corrected chi connectivity index (χ0v) is 26.9. The van der Waals surface area contributed by atoms with Gasteiger partial charge in [-0.05, 0) is 112 Å². The molecule has 0 saturated heterocycles. The number of nitrogens with zero attached hydrogens (tertiary/aromatic N) is 3. The number of carbonyl (C=O) groups excluding carboxylic acids is 1. The molecular weight excluding hydrogens is 654 g/mol. The highest BCUT2D eigenvalue weighted by atomic mass is 79.9. The molecule has 0 bridgehead atoms. The maximum Gasteiger partial charge on any atom is 0.346 e. The maximum absolute atomic E-state index is 13.7. The van der Waals surface area contributed by atoms with Crippen molar-refractivity contribution < 1.29 is 19.0 Å². The van der Waals surface area contributed by atoms with Crippen LogP contribution in [0.4, 0.5) is 0 Å². The smallest absolute Gasteiger partial charge is 0.346 e. The van der Waals surface area contributed by atoms with Gasteiger partial charge < -0.3 is 14.2 Å². The fourth-order valence-corrected chi connectivity index (χ4v) is 5.77. The molecule has 0 saturated carbocycles. The minimum absolute atomic E-state index is 0.192. The second kappa shape index (κ2) is 13.0. The Bertz CT molecular complexity index is 1670. The molecule has 1 atom stereocenters. The van der Waals surface area contributed by atoms with Gasteiger partial charge in [-0.1, -0.05) is 26.0 Å². The van der Waals surface area contributed by atoms with Gasteiger partial charge in [0.05, 0.1) is 39.8 Å². The summed E-state index contributed by atoms with van der Waals surface area (Å²) < 4.78 is 19.0. The predicted molar refractivity (Wildman–Crippen MR) is 168 cm³/mol. The fraction of sp³-hybridized carbons (Fsp3) is 0.290. The number of methoxy groups -OCH3 is 1. The Labute approximate surface area is 255 Å². The molecule has 0 aliphatic carbocycles. The number of aromatic nitrogens is 2. The zero-order chi connectivity index (χ0) is 29.8. The van der Waals surface area contributed by atoms with E-state index in [2.05, 4.69) is 50.8 Å². The van der Waals surface area contributed by atoms with Crippen molar-refractivity contribution in [1.82, 2.24) is 9.66 Å². The summed E-state index contributed by atoms with van der Waals surface area (Å²) in [6.45, 7) is 10.3. The predicted octanol–water partition coefficient (Wildman–Crippen LogP) is 7.24. The number of carbonyl (C=O) groups is 1.